The Hall–Kier alpha value is -5.11. The molecule has 8 heteroatoms. The number of benzene rings is 3. The molecule has 204 valence electrons. The summed E-state index contributed by atoms with van der Waals surface area (Å²) in [5.74, 6) is 1.51. The van der Waals surface area contributed by atoms with Crippen LogP contribution in [0.5, 0.6) is 0 Å². The fraction of sp³-hybridized carbons (Fsp3) is 0.182. The van der Waals surface area contributed by atoms with Gasteiger partial charge in [-0.25, -0.2) is 4.98 Å². The van der Waals surface area contributed by atoms with Crippen molar-refractivity contribution in [1.82, 2.24) is 34.7 Å². The van der Waals surface area contributed by atoms with Gasteiger partial charge in [-0.05, 0) is 40.0 Å². The minimum absolute atomic E-state index is 0.0267. The summed E-state index contributed by atoms with van der Waals surface area (Å²) in [5, 5.41) is 14.6. The summed E-state index contributed by atoms with van der Waals surface area (Å²) in [6, 6.07) is 28.5. The zero-order valence-corrected chi connectivity index (χ0v) is 22.9. The molecule has 41 heavy (non-hydrogen) atoms. The third kappa shape index (κ3) is 5.63. The summed E-state index contributed by atoms with van der Waals surface area (Å²) in [4.78, 5) is 18.6. The number of unbranched alkanes of at least 4 members (excludes halogenated alkanes) is 1. The predicted octanol–water partition coefficient (Wildman–Crippen LogP) is 6.15. The molecule has 0 bridgehead atoms. The number of H-pyrrole nitrogens is 1. The Morgan fingerprint density at radius 1 is 0.902 bits per heavy atom. The van der Waals surface area contributed by atoms with Crippen molar-refractivity contribution < 1.29 is 0 Å². The van der Waals surface area contributed by atoms with Gasteiger partial charge in [0.1, 0.15) is 11.3 Å². The second kappa shape index (κ2) is 12.0. The third-order valence-electron chi connectivity index (χ3n) is 7.23. The second-order valence-corrected chi connectivity index (χ2v) is 10.0. The van der Waals surface area contributed by atoms with E-state index in [1.165, 1.54) is 0 Å². The number of rotatable bonds is 10. The number of nitrogens with one attached hydrogen (secondary N) is 1. The average molecular weight is 542 g/mol. The number of tetrazole rings is 1. The van der Waals surface area contributed by atoms with Crippen molar-refractivity contribution >= 4 is 17.1 Å². The van der Waals surface area contributed by atoms with Gasteiger partial charge in [-0.3, -0.25) is 4.79 Å². The van der Waals surface area contributed by atoms with Crippen LogP contribution in [-0.2, 0) is 19.5 Å². The van der Waals surface area contributed by atoms with Crippen LogP contribution in [0.1, 0.15) is 36.7 Å². The average Bonchev–Trinajstić information content (AvgIpc) is 3.67. The number of aromatic amines is 1. The van der Waals surface area contributed by atoms with Crippen LogP contribution in [-0.4, -0.2) is 34.7 Å². The Morgan fingerprint density at radius 3 is 2.44 bits per heavy atom. The van der Waals surface area contributed by atoms with Crippen LogP contribution >= 0.6 is 0 Å². The number of aromatic nitrogens is 7. The molecule has 0 fully saturated rings. The van der Waals surface area contributed by atoms with Crippen LogP contribution in [0.4, 0.5) is 0 Å². The zero-order chi connectivity index (χ0) is 28.0. The summed E-state index contributed by atoms with van der Waals surface area (Å²) >= 11 is 0. The normalized spacial score (nSPS) is 11.5. The Morgan fingerprint density at radius 2 is 1.68 bits per heavy atom. The summed E-state index contributed by atoms with van der Waals surface area (Å²) in [5.41, 5.74) is 6.58. The number of nitrogens with zero attached hydrogens (tertiary/aromatic N) is 6. The van der Waals surface area contributed by atoms with Gasteiger partial charge in [0.05, 0.1) is 5.52 Å². The molecule has 6 rings (SSSR count). The largest absolute Gasteiger partial charge is 0.319 e. The number of aryl methyl sites for hydroxylation is 1. The van der Waals surface area contributed by atoms with Crippen molar-refractivity contribution in [1.29, 1.82) is 0 Å². The van der Waals surface area contributed by atoms with Gasteiger partial charge in [0.25, 0.3) is 5.56 Å². The molecular formula is C33H31N7O. The van der Waals surface area contributed by atoms with E-state index in [1.807, 2.05) is 72.9 Å². The number of pyridine rings is 1. The lowest BCUT2D eigenvalue weighted by atomic mass is 9.98. The quantitative estimate of drug-likeness (QED) is 0.225. The lowest BCUT2D eigenvalue weighted by molar-refractivity contribution is 0.685. The van der Waals surface area contributed by atoms with Crippen molar-refractivity contribution in [3.8, 4) is 22.5 Å². The molecule has 3 aromatic carbocycles. The maximum atomic E-state index is 13.7. The molecule has 6 aromatic rings. The molecule has 0 aliphatic heterocycles. The van der Waals surface area contributed by atoms with Crippen molar-refractivity contribution in [2.24, 2.45) is 0 Å². The minimum Gasteiger partial charge on any atom is -0.319 e. The Kier molecular flexibility index (Phi) is 7.62. The van der Waals surface area contributed by atoms with Gasteiger partial charge in [-0.15, -0.1) is 10.2 Å². The SMILES string of the molecule is CCCCc1nc2ccn(CC=Cc3ccccc3)c(=O)c2n1Cc1ccc(-c2ccccc2-c2nn[nH]n2)cc1. The van der Waals surface area contributed by atoms with Crippen LogP contribution in [0.2, 0.25) is 0 Å². The lowest BCUT2D eigenvalue weighted by Gasteiger charge is -2.12. The van der Waals surface area contributed by atoms with Gasteiger partial charge in [-0.1, -0.05) is 104 Å². The van der Waals surface area contributed by atoms with E-state index in [4.69, 9.17) is 4.98 Å². The number of imidazole rings is 1. The third-order valence-corrected chi connectivity index (χ3v) is 7.23. The van der Waals surface area contributed by atoms with E-state index in [2.05, 4.69) is 62.4 Å². The molecule has 0 unspecified atom stereocenters. The van der Waals surface area contributed by atoms with Crippen molar-refractivity contribution in [2.45, 2.75) is 39.3 Å². The maximum absolute atomic E-state index is 13.7. The van der Waals surface area contributed by atoms with Gasteiger partial charge in [-0.2, -0.15) is 5.21 Å². The first-order valence-electron chi connectivity index (χ1n) is 13.9. The molecule has 1 N–H and O–H groups in total. The Labute approximate surface area is 238 Å². The first-order valence-corrected chi connectivity index (χ1v) is 13.9. The Balaban J connectivity index is 1.32. The van der Waals surface area contributed by atoms with Crippen LogP contribution in [0.15, 0.2) is 102 Å². The number of hydrogen-bond acceptors (Lipinski definition) is 5. The molecule has 0 spiro atoms. The standard InChI is InChI=1S/C33H31N7O/c1-2-3-15-30-34-29-20-22-39(21-9-12-24-10-5-4-6-11-24)33(41)31(29)40(30)23-25-16-18-26(19-17-25)27-13-7-8-14-28(27)32-35-37-38-36-32/h4-14,16-20,22H,2-3,15,21,23H2,1H3,(H,35,36,37,38). The van der Waals surface area contributed by atoms with E-state index in [0.717, 1.165) is 58.4 Å². The molecular weight excluding hydrogens is 510 g/mol. The van der Waals surface area contributed by atoms with E-state index < -0.39 is 0 Å². The smallest absolute Gasteiger partial charge is 0.277 e. The van der Waals surface area contributed by atoms with Crippen LogP contribution in [0, 0.1) is 0 Å². The highest BCUT2D eigenvalue weighted by Gasteiger charge is 2.16. The molecule has 0 saturated heterocycles. The van der Waals surface area contributed by atoms with Crippen molar-refractivity contribution in [2.75, 3.05) is 0 Å². The molecule has 0 atom stereocenters. The number of allylic oxidation sites excluding steroid dienone is 1. The monoisotopic (exact) mass is 541 g/mol. The van der Waals surface area contributed by atoms with Crippen LogP contribution in [0.3, 0.4) is 0 Å². The van der Waals surface area contributed by atoms with E-state index in [0.29, 0.717) is 24.4 Å². The molecule has 3 heterocycles. The molecule has 0 radical (unpaired) electrons. The first kappa shape index (κ1) is 26.1. The van der Waals surface area contributed by atoms with E-state index >= 15 is 0 Å². The number of fused-ring (bicyclic) bond motifs is 1. The highest BCUT2D eigenvalue weighted by Crippen LogP contribution is 2.30. The molecule has 0 aliphatic rings. The summed E-state index contributed by atoms with van der Waals surface area (Å²) in [6.45, 7) is 3.24. The molecule has 0 saturated carbocycles. The fourth-order valence-corrected chi connectivity index (χ4v) is 5.11. The molecule has 0 aliphatic carbocycles. The maximum Gasteiger partial charge on any atom is 0.277 e. The molecule has 8 nitrogen and oxygen atoms in total. The highest BCUT2D eigenvalue weighted by molar-refractivity contribution is 5.80. The Bertz CT molecular complexity index is 1830. The second-order valence-electron chi connectivity index (χ2n) is 10.0. The number of hydrogen-bond donors (Lipinski definition) is 1. The van der Waals surface area contributed by atoms with Gasteiger partial charge >= 0.3 is 0 Å². The van der Waals surface area contributed by atoms with E-state index in [1.54, 1.807) is 4.57 Å². The minimum atomic E-state index is -0.0267. The van der Waals surface area contributed by atoms with E-state index in [-0.39, 0.29) is 5.56 Å². The lowest BCUT2D eigenvalue weighted by Crippen LogP contribution is -2.21. The summed E-state index contributed by atoms with van der Waals surface area (Å²) in [6.07, 6.45) is 8.81. The summed E-state index contributed by atoms with van der Waals surface area (Å²) < 4.78 is 3.86. The van der Waals surface area contributed by atoms with Gasteiger partial charge < -0.3 is 9.13 Å². The first-order chi connectivity index (χ1) is 20.2. The summed E-state index contributed by atoms with van der Waals surface area (Å²) in [7, 11) is 0. The van der Waals surface area contributed by atoms with Crippen molar-refractivity contribution in [3.63, 3.8) is 0 Å². The topological polar surface area (TPSA) is 94.3 Å². The van der Waals surface area contributed by atoms with E-state index in [9.17, 15) is 4.79 Å². The van der Waals surface area contributed by atoms with Gasteiger partial charge in [0.2, 0.25) is 5.82 Å². The zero-order valence-electron chi connectivity index (χ0n) is 22.9. The molecule has 0 amide bonds. The van der Waals surface area contributed by atoms with Crippen LogP contribution in [0.25, 0.3) is 39.6 Å². The van der Waals surface area contributed by atoms with Gasteiger partial charge in [0.15, 0.2) is 0 Å². The highest BCUT2D eigenvalue weighted by atomic mass is 16.1. The fourth-order valence-electron chi connectivity index (χ4n) is 5.11. The predicted molar refractivity (Wildman–Crippen MR) is 162 cm³/mol. The van der Waals surface area contributed by atoms with Crippen molar-refractivity contribution in [3.05, 3.63) is 125 Å². The molecule has 3 aromatic heterocycles. The van der Waals surface area contributed by atoms with Gasteiger partial charge in [0, 0.05) is 31.3 Å². The van der Waals surface area contributed by atoms with Crippen LogP contribution < -0.4 is 5.56 Å².